The molecule has 1 fully saturated rings. The molecule has 2 unspecified atom stereocenters. The van der Waals surface area contributed by atoms with E-state index in [1.165, 1.54) is 23.5 Å². The molecular formula is C13H20N4. The zero-order chi connectivity index (χ0) is 11.8. The van der Waals surface area contributed by atoms with Gasteiger partial charge in [-0.05, 0) is 33.1 Å². The van der Waals surface area contributed by atoms with Crippen LogP contribution in [-0.2, 0) is 12.8 Å². The van der Waals surface area contributed by atoms with Crippen LogP contribution < -0.4 is 10.2 Å². The summed E-state index contributed by atoms with van der Waals surface area (Å²) in [6, 6.07) is 1.06. The summed E-state index contributed by atoms with van der Waals surface area (Å²) in [6.07, 6.45) is 5.24. The van der Waals surface area contributed by atoms with E-state index >= 15 is 0 Å². The monoisotopic (exact) mass is 232 g/mol. The van der Waals surface area contributed by atoms with E-state index in [0.29, 0.717) is 12.1 Å². The van der Waals surface area contributed by atoms with E-state index in [1.54, 1.807) is 6.33 Å². The fraction of sp³-hybridized carbons (Fsp3) is 0.692. The van der Waals surface area contributed by atoms with Gasteiger partial charge >= 0.3 is 0 Å². The Labute approximate surface area is 102 Å². The quantitative estimate of drug-likeness (QED) is 0.788. The molecule has 0 saturated carbocycles. The average molecular weight is 232 g/mol. The molecule has 1 aromatic heterocycles. The molecule has 1 aromatic rings. The maximum Gasteiger partial charge on any atom is 0.135 e. The Morgan fingerprint density at radius 1 is 1.29 bits per heavy atom. The maximum atomic E-state index is 4.55. The summed E-state index contributed by atoms with van der Waals surface area (Å²) in [5, 5.41) is 3.51. The lowest BCUT2D eigenvalue weighted by Gasteiger charge is -2.39. The molecule has 0 amide bonds. The minimum absolute atomic E-state index is 0.519. The predicted molar refractivity (Wildman–Crippen MR) is 68.3 cm³/mol. The van der Waals surface area contributed by atoms with Crippen molar-refractivity contribution in [1.82, 2.24) is 15.3 Å². The van der Waals surface area contributed by atoms with Gasteiger partial charge in [0, 0.05) is 36.4 Å². The van der Waals surface area contributed by atoms with Gasteiger partial charge in [0.2, 0.25) is 0 Å². The third kappa shape index (κ3) is 1.90. The minimum Gasteiger partial charge on any atom is -0.351 e. The van der Waals surface area contributed by atoms with E-state index < -0.39 is 0 Å². The largest absolute Gasteiger partial charge is 0.351 e. The first kappa shape index (κ1) is 11.0. The molecule has 0 spiro atoms. The van der Waals surface area contributed by atoms with Crippen LogP contribution in [0.4, 0.5) is 5.82 Å². The van der Waals surface area contributed by atoms with Crippen LogP contribution >= 0.6 is 0 Å². The summed E-state index contributed by atoms with van der Waals surface area (Å²) in [6.45, 7) is 6.59. The van der Waals surface area contributed by atoms with Gasteiger partial charge in [0.15, 0.2) is 0 Å². The Bertz CT molecular complexity index is 418. The number of hydrogen-bond donors (Lipinski definition) is 1. The van der Waals surface area contributed by atoms with Crippen LogP contribution in [0.5, 0.6) is 0 Å². The van der Waals surface area contributed by atoms with Gasteiger partial charge in [0.1, 0.15) is 12.1 Å². The summed E-state index contributed by atoms with van der Waals surface area (Å²) in [4.78, 5) is 11.4. The highest BCUT2D eigenvalue weighted by Crippen LogP contribution is 2.29. The van der Waals surface area contributed by atoms with Crippen molar-refractivity contribution in [2.75, 3.05) is 18.0 Å². The Kier molecular flexibility index (Phi) is 2.74. The predicted octanol–water partition coefficient (Wildman–Crippen LogP) is 1.15. The number of aromatic nitrogens is 2. The molecule has 1 aliphatic heterocycles. The molecule has 92 valence electrons. The van der Waals surface area contributed by atoms with Gasteiger partial charge in [-0.25, -0.2) is 9.97 Å². The van der Waals surface area contributed by atoms with Gasteiger partial charge < -0.3 is 10.2 Å². The van der Waals surface area contributed by atoms with Crippen LogP contribution in [0.25, 0.3) is 0 Å². The number of nitrogens with one attached hydrogen (secondary N) is 1. The summed E-state index contributed by atoms with van der Waals surface area (Å²) in [5.74, 6) is 1.19. The van der Waals surface area contributed by atoms with E-state index in [2.05, 4.69) is 34.0 Å². The molecule has 4 heteroatoms. The van der Waals surface area contributed by atoms with Crippen molar-refractivity contribution < 1.29 is 0 Å². The van der Waals surface area contributed by atoms with E-state index in [4.69, 9.17) is 0 Å². The summed E-state index contributed by atoms with van der Waals surface area (Å²) in [7, 11) is 0. The second-order valence-electron chi connectivity index (χ2n) is 5.29. The number of piperazine rings is 1. The first-order valence-corrected chi connectivity index (χ1v) is 6.58. The van der Waals surface area contributed by atoms with Crippen LogP contribution in [0.2, 0.25) is 0 Å². The topological polar surface area (TPSA) is 41.1 Å². The molecule has 0 aromatic carbocycles. The Morgan fingerprint density at radius 3 is 3.06 bits per heavy atom. The Morgan fingerprint density at radius 2 is 2.18 bits per heavy atom. The maximum absolute atomic E-state index is 4.55. The van der Waals surface area contributed by atoms with E-state index in [-0.39, 0.29) is 0 Å². The van der Waals surface area contributed by atoms with Crippen molar-refractivity contribution in [3.05, 3.63) is 17.6 Å². The van der Waals surface area contributed by atoms with Crippen LogP contribution in [0.15, 0.2) is 6.33 Å². The fourth-order valence-corrected chi connectivity index (χ4v) is 2.91. The van der Waals surface area contributed by atoms with Crippen LogP contribution in [-0.4, -0.2) is 35.1 Å². The molecule has 3 rings (SSSR count). The number of rotatable bonds is 1. The van der Waals surface area contributed by atoms with Crippen molar-refractivity contribution in [3.63, 3.8) is 0 Å². The Balaban J connectivity index is 1.95. The molecule has 1 N–H and O–H groups in total. The highest BCUT2D eigenvalue weighted by atomic mass is 15.3. The molecule has 2 heterocycles. The summed E-state index contributed by atoms with van der Waals surface area (Å²) >= 11 is 0. The van der Waals surface area contributed by atoms with Crippen LogP contribution in [0.3, 0.4) is 0 Å². The lowest BCUT2D eigenvalue weighted by Crippen LogP contribution is -2.55. The molecular weight excluding hydrogens is 212 g/mol. The number of fused-ring (bicyclic) bond motifs is 1. The second-order valence-corrected chi connectivity index (χ2v) is 5.29. The highest BCUT2D eigenvalue weighted by molar-refractivity contribution is 5.51. The highest BCUT2D eigenvalue weighted by Gasteiger charge is 2.27. The third-order valence-electron chi connectivity index (χ3n) is 3.89. The normalized spacial score (nSPS) is 28.2. The Hall–Kier alpha value is -1.16. The summed E-state index contributed by atoms with van der Waals surface area (Å²) in [5.41, 5.74) is 2.67. The standard InChI is InChI=1S/C13H20N4/c1-9-7-17(10(2)6-14-9)13-11-4-3-5-12(11)15-8-16-13/h8-10,14H,3-7H2,1-2H3. The molecule has 1 aliphatic carbocycles. The van der Waals surface area contributed by atoms with Gasteiger partial charge in [-0.2, -0.15) is 0 Å². The number of hydrogen-bond acceptors (Lipinski definition) is 4. The third-order valence-corrected chi connectivity index (χ3v) is 3.89. The molecule has 0 bridgehead atoms. The molecule has 0 radical (unpaired) electrons. The van der Waals surface area contributed by atoms with E-state index in [0.717, 1.165) is 25.9 Å². The average Bonchev–Trinajstić information content (AvgIpc) is 2.80. The molecule has 2 aliphatic rings. The van der Waals surface area contributed by atoms with Gasteiger partial charge in [0.25, 0.3) is 0 Å². The van der Waals surface area contributed by atoms with E-state index in [1.807, 2.05) is 0 Å². The SMILES string of the molecule is CC1CN(c2ncnc3c2CCC3)C(C)CN1. The smallest absolute Gasteiger partial charge is 0.135 e. The van der Waals surface area contributed by atoms with Crippen LogP contribution in [0.1, 0.15) is 31.5 Å². The van der Waals surface area contributed by atoms with Gasteiger partial charge in [0.05, 0.1) is 0 Å². The zero-order valence-corrected chi connectivity index (χ0v) is 10.6. The number of aryl methyl sites for hydroxylation is 1. The molecule has 17 heavy (non-hydrogen) atoms. The fourth-order valence-electron chi connectivity index (χ4n) is 2.91. The van der Waals surface area contributed by atoms with Gasteiger partial charge in [-0.15, -0.1) is 0 Å². The first-order valence-electron chi connectivity index (χ1n) is 6.58. The van der Waals surface area contributed by atoms with Crippen molar-refractivity contribution >= 4 is 5.82 Å². The zero-order valence-electron chi connectivity index (χ0n) is 10.6. The molecule has 1 saturated heterocycles. The van der Waals surface area contributed by atoms with Gasteiger partial charge in [-0.1, -0.05) is 0 Å². The van der Waals surface area contributed by atoms with Crippen molar-refractivity contribution in [1.29, 1.82) is 0 Å². The lowest BCUT2D eigenvalue weighted by molar-refractivity contribution is 0.421. The van der Waals surface area contributed by atoms with Gasteiger partial charge in [-0.3, -0.25) is 0 Å². The second kappa shape index (κ2) is 4.26. The minimum atomic E-state index is 0.519. The summed E-state index contributed by atoms with van der Waals surface area (Å²) < 4.78 is 0. The lowest BCUT2D eigenvalue weighted by atomic mass is 10.1. The van der Waals surface area contributed by atoms with Crippen molar-refractivity contribution in [3.8, 4) is 0 Å². The first-order chi connectivity index (χ1) is 8.25. The van der Waals surface area contributed by atoms with Crippen LogP contribution in [0, 0.1) is 0 Å². The molecule has 2 atom stereocenters. The van der Waals surface area contributed by atoms with Crippen molar-refractivity contribution in [2.45, 2.75) is 45.2 Å². The molecule has 4 nitrogen and oxygen atoms in total. The van der Waals surface area contributed by atoms with Crippen molar-refractivity contribution in [2.24, 2.45) is 0 Å². The number of anilines is 1. The number of nitrogens with zero attached hydrogens (tertiary/aromatic N) is 3. The van der Waals surface area contributed by atoms with E-state index in [9.17, 15) is 0 Å².